The molecule has 20 heavy (non-hydrogen) atoms. The molecule has 0 saturated carbocycles. The molecule has 0 saturated heterocycles. The standard InChI is InChI=1S/C17H21NOS/c1-11(2)16(15-6-5-9-20-15)18-17(19)14-8-7-12(3)13(4)10-14/h5-11,16H,1-4H3,(H,18,19). The monoisotopic (exact) mass is 287 g/mol. The molecule has 1 unspecified atom stereocenters. The summed E-state index contributed by atoms with van der Waals surface area (Å²) in [6.45, 7) is 8.35. The van der Waals surface area contributed by atoms with Crippen LogP contribution in [0.25, 0.3) is 0 Å². The Morgan fingerprint density at radius 1 is 1.15 bits per heavy atom. The van der Waals surface area contributed by atoms with Crippen molar-refractivity contribution < 1.29 is 4.79 Å². The SMILES string of the molecule is Cc1ccc(C(=O)NC(c2cccs2)C(C)C)cc1C. The number of aryl methyl sites for hydroxylation is 2. The molecule has 1 amide bonds. The van der Waals surface area contributed by atoms with Crippen LogP contribution in [-0.4, -0.2) is 5.91 Å². The molecule has 0 aliphatic rings. The van der Waals surface area contributed by atoms with E-state index in [4.69, 9.17) is 0 Å². The molecule has 2 aromatic rings. The van der Waals surface area contributed by atoms with E-state index in [9.17, 15) is 4.79 Å². The zero-order chi connectivity index (χ0) is 14.7. The van der Waals surface area contributed by atoms with Crippen LogP contribution in [0.15, 0.2) is 35.7 Å². The molecule has 0 bridgehead atoms. The lowest BCUT2D eigenvalue weighted by molar-refractivity contribution is 0.0926. The smallest absolute Gasteiger partial charge is 0.251 e. The number of amides is 1. The van der Waals surface area contributed by atoms with Gasteiger partial charge in [-0.25, -0.2) is 0 Å². The number of hydrogen-bond acceptors (Lipinski definition) is 2. The van der Waals surface area contributed by atoms with Gasteiger partial charge in [-0.15, -0.1) is 11.3 Å². The van der Waals surface area contributed by atoms with Gasteiger partial charge in [0.25, 0.3) is 5.91 Å². The molecule has 1 N–H and O–H groups in total. The summed E-state index contributed by atoms with van der Waals surface area (Å²) < 4.78 is 0. The van der Waals surface area contributed by atoms with Gasteiger partial charge in [0, 0.05) is 10.4 Å². The highest BCUT2D eigenvalue weighted by Gasteiger charge is 2.20. The maximum Gasteiger partial charge on any atom is 0.251 e. The predicted octanol–water partition coefficient (Wildman–Crippen LogP) is 4.49. The van der Waals surface area contributed by atoms with Crippen LogP contribution in [0.2, 0.25) is 0 Å². The van der Waals surface area contributed by atoms with Crippen molar-refractivity contribution in [1.29, 1.82) is 0 Å². The van der Waals surface area contributed by atoms with Gasteiger partial charge in [-0.3, -0.25) is 4.79 Å². The molecule has 1 heterocycles. The van der Waals surface area contributed by atoms with E-state index in [1.165, 1.54) is 10.4 Å². The number of nitrogens with one attached hydrogen (secondary N) is 1. The Morgan fingerprint density at radius 2 is 1.90 bits per heavy atom. The Balaban J connectivity index is 2.18. The Morgan fingerprint density at radius 3 is 2.45 bits per heavy atom. The number of hydrogen-bond donors (Lipinski definition) is 1. The average Bonchev–Trinajstić information content (AvgIpc) is 2.92. The summed E-state index contributed by atoms with van der Waals surface area (Å²) in [4.78, 5) is 13.6. The average molecular weight is 287 g/mol. The van der Waals surface area contributed by atoms with Gasteiger partial charge in [-0.05, 0) is 54.5 Å². The first-order valence-electron chi connectivity index (χ1n) is 6.90. The third-order valence-electron chi connectivity index (χ3n) is 3.57. The van der Waals surface area contributed by atoms with Gasteiger partial charge in [0.1, 0.15) is 0 Å². The van der Waals surface area contributed by atoms with Crippen LogP contribution >= 0.6 is 11.3 Å². The molecule has 1 aromatic heterocycles. The van der Waals surface area contributed by atoms with Gasteiger partial charge in [0.15, 0.2) is 0 Å². The third-order valence-corrected chi connectivity index (χ3v) is 4.53. The quantitative estimate of drug-likeness (QED) is 0.882. The molecule has 106 valence electrons. The fraction of sp³-hybridized carbons (Fsp3) is 0.353. The van der Waals surface area contributed by atoms with Crippen molar-refractivity contribution in [2.75, 3.05) is 0 Å². The number of benzene rings is 1. The molecular weight excluding hydrogens is 266 g/mol. The van der Waals surface area contributed by atoms with Crippen molar-refractivity contribution in [1.82, 2.24) is 5.32 Å². The fourth-order valence-corrected chi connectivity index (χ4v) is 3.09. The summed E-state index contributed by atoms with van der Waals surface area (Å²) in [5, 5.41) is 5.20. The zero-order valence-corrected chi connectivity index (χ0v) is 13.3. The van der Waals surface area contributed by atoms with Gasteiger partial charge >= 0.3 is 0 Å². The third kappa shape index (κ3) is 3.28. The van der Waals surface area contributed by atoms with E-state index in [0.717, 1.165) is 11.1 Å². The Kier molecular flexibility index (Phi) is 4.61. The molecule has 0 spiro atoms. The Hall–Kier alpha value is -1.61. The maximum absolute atomic E-state index is 12.4. The molecule has 0 aliphatic heterocycles. The first-order chi connectivity index (χ1) is 9.49. The van der Waals surface area contributed by atoms with Crippen molar-refractivity contribution in [3.05, 3.63) is 57.3 Å². The molecular formula is C17H21NOS. The second kappa shape index (κ2) is 6.23. The van der Waals surface area contributed by atoms with Crippen molar-refractivity contribution in [3.63, 3.8) is 0 Å². The summed E-state index contributed by atoms with van der Waals surface area (Å²) in [6, 6.07) is 10.0. The Labute approximate surface area is 124 Å². The second-order valence-corrected chi connectivity index (χ2v) is 6.49. The van der Waals surface area contributed by atoms with Crippen LogP contribution in [0.4, 0.5) is 0 Å². The van der Waals surface area contributed by atoms with E-state index in [1.54, 1.807) is 11.3 Å². The summed E-state index contributed by atoms with van der Waals surface area (Å²) >= 11 is 1.69. The number of carbonyl (C=O) groups excluding carboxylic acids is 1. The van der Waals surface area contributed by atoms with Crippen LogP contribution in [0, 0.1) is 19.8 Å². The molecule has 0 aliphatic carbocycles. The number of thiophene rings is 1. The van der Waals surface area contributed by atoms with Crippen molar-refractivity contribution >= 4 is 17.2 Å². The fourth-order valence-electron chi connectivity index (χ4n) is 2.14. The van der Waals surface area contributed by atoms with Crippen molar-refractivity contribution in [2.24, 2.45) is 5.92 Å². The molecule has 0 radical (unpaired) electrons. The summed E-state index contributed by atoms with van der Waals surface area (Å²) in [7, 11) is 0. The molecule has 2 nitrogen and oxygen atoms in total. The summed E-state index contributed by atoms with van der Waals surface area (Å²) in [5.74, 6) is 0.365. The van der Waals surface area contributed by atoms with E-state index in [-0.39, 0.29) is 11.9 Å². The predicted molar refractivity (Wildman–Crippen MR) is 85.3 cm³/mol. The van der Waals surface area contributed by atoms with Gasteiger partial charge in [0.2, 0.25) is 0 Å². The van der Waals surface area contributed by atoms with Crippen LogP contribution in [0.3, 0.4) is 0 Å². The molecule has 1 aromatic carbocycles. The molecule has 3 heteroatoms. The highest BCUT2D eigenvalue weighted by atomic mass is 32.1. The Bertz CT molecular complexity index is 587. The summed E-state index contributed by atoms with van der Waals surface area (Å²) in [6.07, 6.45) is 0. The minimum Gasteiger partial charge on any atom is -0.344 e. The van der Waals surface area contributed by atoms with E-state index >= 15 is 0 Å². The van der Waals surface area contributed by atoms with Crippen LogP contribution in [-0.2, 0) is 0 Å². The largest absolute Gasteiger partial charge is 0.344 e. The number of carbonyl (C=O) groups is 1. The first kappa shape index (κ1) is 14.8. The van der Waals surface area contributed by atoms with Gasteiger partial charge < -0.3 is 5.32 Å². The van der Waals surface area contributed by atoms with Gasteiger partial charge in [0.05, 0.1) is 6.04 Å². The second-order valence-electron chi connectivity index (χ2n) is 5.51. The van der Waals surface area contributed by atoms with Crippen LogP contribution in [0.1, 0.15) is 46.3 Å². The van der Waals surface area contributed by atoms with E-state index in [2.05, 4.69) is 32.2 Å². The minimum absolute atomic E-state index is 0.000185. The number of rotatable bonds is 4. The van der Waals surface area contributed by atoms with E-state index < -0.39 is 0 Å². The molecule has 1 atom stereocenters. The van der Waals surface area contributed by atoms with Gasteiger partial charge in [-0.1, -0.05) is 26.0 Å². The minimum atomic E-state index is 0.000185. The lowest BCUT2D eigenvalue weighted by Crippen LogP contribution is -2.31. The maximum atomic E-state index is 12.4. The summed E-state index contributed by atoms with van der Waals surface area (Å²) in [5.41, 5.74) is 3.09. The van der Waals surface area contributed by atoms with Crippen LogP contribution in [0.5, 0.6) is 0 Å². The zero-order valence-electron chi connectivity index (χ0n) is 12.4. The lowest BCUT2D eigenvalue weighted by atomic mass is 10.0. The van der Waals surface area contributed by atoms with E-state index in [0.29, 0.717) is 5.92 Å². The van der Waals surface area contributed by atoms with Crippen LogP contribution < -0.4 is 5.32 Å². The van der Waals surface area contributed by atoms with Crippen molar-refractivity contribution in [2.45, 2.75) is 33.7 Å². The van der Waals surface area contributed by atoms with E-state index in [1.807, 2.05) is 36.6 Å². The normalized spacial score (nSPS) is 12.4. The topological polar surface area (TPSA) is 29.1 Å². The first-order valence-corrected chi connectivity index (χ1v) is 7.78. The molecule has 0 fully saturated rings. The van der Waals surface area contributed by atoms with Gasteiger partial charge in [-0.2, -0.15) is 0 Å². The highest BCUT2D eigenvalue weighted by Crippen LogP contribution is 2.26. The highest BCUT2D eigenvalue weighted by molar-refractivity contribution is 7.10. The molecule has 2 rings (SSSR count). The van der Waals surface area contributed by atoms with Crippen molar-refractivity contribution in [3.8, 4) is 0 Å². The lowest BCUT2D eigenvalue weighted by Gasteiger charge is -2.21.